The smallest absolute Gasteiger partial charge is 0.407 e. The van der Waals surface area contributed by atoms with E-state index in [9.17, 15) is 34.2 Å². The van der Waals surface area contributed by atoms with Crippen molar-refractivity contribution in [1.82, 2.24) is 16.0 Å². The van der Waals surface area contributed by atoms with Crippen LogP contribution in [0.3, 0.4) is 0 Å². The maximum atomic E-state index is 13.8. The number of fused-ring (bicyclic) bond motifs is 3. The van der Waals surface area contributed by atoms with Crippen LogP contribution in [0.5, 0.6) is 0 Å². The van der Waals surface area contributed by atoms with Crippen molar-refractivity contribution in [3.8, 4) is 0 Å². The fraction of sp³-hybridized carbons (Fsp3) is 0.750. The molecule has 0 spiro atoms. The molecule has 1 aromatic rings. The number of carbonyl (C=O) groups excluding carboxylic acids is 5. The third-order valence-electron chi connectivity index (χ3n) is 17.3. The first-order valence-electron chi connectivity index (χ1n) is 29.8. The third kappa shape index (κ3) is 18.0. The number of hydrogen-bond donors (Lipinski definition) is 8. The van der Waals surface area contributed by atoms with E-state index in [0.717, 1.165) is 36.8 Å². The Labute approximate surface area is 483 Å². The molecule has 82 heavy (non-hydrogen) atoms. The number of rotatable bonds is 26. The summed E-state index contributed by atoms with van der Waals surface area (Å²) in [6.45, 7) is 20.6. The van der Waals surface area contributed by atoms with Crippen molar-refractivity contribution >= 4 is 35.4 Å². The number of amides is 5. The first kappa shape index (κ1) is 65.0. The summed E-state index contributed by atoms with van der Waals surface area (Å²) in [5.41, 5.74) is 14.4. The number of nitrogens with two attached hydrogens (primary N) is 2. The molecule has 6 saturated heterocycles. The molecule has 6 aliphatic rings. The van der Waals surface area contributed by atoms with E-state index in [1.807, 2.05) is 13.8 Å². The van der Waals surface area contributed by atoms with E-state index >= 15 is 0 Å². The highest BCUT2D eigenvalue weighted by Gasteiger charge is 2.54. The molecule has 6 heterocycles. The van der Waals surface area contributed by atoms with Crippen molar-refractivity contribution in [1.29, 1.82) is 0 Å². The third-order valence-corrected chi connectivity index (χ3v) is 17.3. The summed E-state index contributed by atoms with van der Waals surface area (Å²) in [6, 6.07) is 4.14. The number of benzene rings is 1. The van der Waals surface area contributed by atoms with Crippen LogP contribution in [-0.4, -0.2) is 170 Å². The van der Waals surface area contributed by atoms with Gasteiger partial charge in [0.05, 0.1) is 85.9 Å². The molecule has 460 valence electrons. The number of hydrogen-bond acceptors (Lipinski definition) is 17. The average Bonchev–Trinajstić information content (AvgIpc) is 3.53. The van der Waals surface area contributed by atoms with Crippen molar-refractivity contribution in [3.63, 3.8) is 0 Å². The van der Waals surface area contributed by atoms with E-state index < -0.39 is 90.6 Å². The fourth-order valence-corrected chi connectivity index (χ4v) is 12.5. The molecule has 10 N–H and O–H groups in total. The summed E-state index contributed by atoms with van der Waals surface area (Å²) < 4.78 is 57.0. The summed E-state index contributed by atoms with van der Waals surface area (Å²) in [4.78, 5) is 63.5. The zero-order valence-electron chi connectivity index (χ0n) is 49.2. The molecule has 0 aliphatic carbocycles. The molecule has 6 aliphatic heterocycles. The van der Waals surface area contributed by atoms with E-state index in [1.165, 1.54) is 0 Å². The van der Waals surface area contributed by atoms with Crippen LogP contribution in [0.25, 0.3) is 0 Å². The number of Topliss-reactive ketones (excluding diaryl/α,β-unsaturated/α-hetero) is 1. The SMILES string of the molecule is C=C1C[C@H](CC[C@]23C[C@@H](O)[C@H](O2)[C@@H](C)O[C@H]2CC[C@H](CC(=O)C[C@H]4CO[C@H](C[C@H](O)CNC(=O)OCc5ccc(NC(=O)C(CCCNC(N)=O)NC(=O)C(N)C(C)C)cc5)[C@@H]4OC)O[C@@H]2[C@@H](C)O3)O[C@H]1CCC1C[C@@H](C)C(=C)[C@@H](C)O1. The number of ether oxygens (including phenoxy) is 9. The molecule has 0 radical (unpaired) electrons. The number of alkyl carbamates (subject to hydrolysis) is 1. The van der Waals surface area contributed by atoms with E-state index in [-0.39, 0.29) is 113 Å². The summed E-state index contributed by atoms with van der Waals surface area (Å²) in [5.74, 6) is -2.02. The van der Waals surface area contributed by atoms with Gasteiger partial charge in [-0.25, -0.2) is 9.59 Å². The topological polar surface area (TPSA) is 309 Å². The zero-order valence-corrected chi connectivity index (χ0v) is 49.2. The van der Waals surface area contributed by atoms with Gasteiger partial charge < -0.3 is 85.6 Å². The number of urea groups is 1. The van der Waals surface area contributed by atoms with Crippen molar-refractivity contribution < 1.29 is 76.8 Å². The molecule has 3 unspecified atom stereocenters. The highest BCUT2D eigenvalue weighted by atomic mass is 16.7. The van der Waals surface area contributed by atoms with Crippen molar-refractivity contribution in [2.24, 2.45) is 29.2 Å². The molecule has 22 nitrogen and oxygen atoms in total. The number of nitrogens with one attached hydrogen (secondary N) is 4. The van der Waals surface area contributed by atoms with Gasteiger partial charge in [-0.2, -0.15) is 0 Å². The maximum absolute atomic E-state index is 13.8. The van der Waals surface area contributed by atoms with Crippen LogP contribution < -0.4 is 32.7 Å². The fourth-order valence-electron chi connectivity index (χ4n) is 12.5. The van der Waals surface area contributed by atoms with Gasteiger partial charge in [-0.05, 0) is 119 Å². The Morgan fingerprint density at radius 2 is 1.63 bits per heavy atom. The summed E-state index contributed by atoms with van der Waals surface area (Å²) >= 11 is 0. The van der Waals surface area contributed by atoms with Crippen LogP contribution in [0.15, 0.2) is 48.6 Å². The molecular weight excluding hydrogens is 1060 g/mol. The number of methoxy groups -OCH3 is 1. The van der Waals surface area contributed by atoms with Crippen LogP contribution >= 0.6 is 0 Å². The van der Waals surface area contributed by atoms with Crippen molar-refractivity contribution in [3.05, 3.63) is 54.1 Å². The number of aliphatic hydroxyl groups is 2. The lowest BCUT2D eigenvalue weighted by atomic mass is 9.87. The average molecular weight is 1160 g/mol. The van der Waals surface area contributed by atoms with Gasteiger partial charge in [0.15, 0.2) is 5.79 Å². The predicted octanol–water partition coefficient (Wildman–Crippen LogP) is 5.13. The Morgan fingerprint density at radius 1 is 0.878 bits per heavy atom. The van der Waals surface area contributed by atoms with Crippen LogP contribution in [0, 0.1) is 17.8 Å². The first-order chi connectivity index (χ1) is 39.0. The number of primary amides is 1. The van der Waals surface area contributed by atoms with E-state index in [4.69, 9.17) is 54.1 Å². The van der Waals surface area contributed by atoms with Crippen LogP contribution in [0.2, 0.25) is 0 Å². The lowest BCUT2D eigenvalue weighted by molar-refractivity contribution is -0.271. The second kappa shape index (κ2) is 30.0. The molecule has 2 bridgehead atoms. The molecular formula is C60H94N6O16. The lowest BCUT2D eigenvalue weighted by Crippen LogP contribution is -2.51. The first-order valence-corrected chi connectivity index (χ1v) is 29.8. The highest BCUT2D eigenvalue weighted by molar-refractivity contribution is 5.97. The molecule has 5 amide bonds. The zero-order chi connectivity index (χ0) is 59.4. The largest absolute Gasteiger partial charge is 0.445 e. The second-order valence-electron chi connectivity index (χ2n) is 24.2. The quantitative estimate of drug-likeness (QED) is 0.0440. The van der Waals surface area contributed by atoms with Crippen LogP contribution in [-0.2, 0) is 63.6 Å². The van der Waals surface area contributed by atoms with Crippen molar-refractivity contribution in [2.45, 2.75) is 241 Å². The molecule has 1 aromatic carbocycles. The highest BCUT2D eigenvalue weighted by Crippen LogP contribution is 2.44. The maximum Gasteiger partial charge on any atom is 0.407 e. The van der Waals surface area contributed by atoms with Gasteiger partial charge >= 0.3 is 12.1 Å². The van der Waals surface area contributed by atoms with Gasteiger partial charge in [-0.1, -0.05) is 46.1 Å². The van der Waals surface area contributed by atoms with E-state index in [0.29, 0.717) is 49.3 Å². The van der Waals surface area contributed by atoms with E-state index in [2.05, 4.69) is 48.3 Å². The Bertz CT molecular complexity index is 2310. The van der Waals surface area contributed by atoms with E-state index in [1.54, 1.807) is 45.2 Å². The minimum absolute atomic E-state index is 0.000325. The molecule has 6 fully saturated rings. The minimum atomic E-state index is -1.08. The molecule has 22 heteroatoms. The Kier molecular flexibility index (Phi) is 23.7. The number of aliphatic hydroxyl groups excluding tert-OH is 2. The summed E-state index contributed by atoms with van der Waals surface area (Å²) in [7, 11) is 1.55. The predicted molar refractivity (Wildman–Crippen MR) is 303 cm³/mol. The molecule has 7 rings (SSSR count). The van der Waals surface area contributed by atoms with Gasteiger partial charge in [0, 0.05) is 63.9 Å². The molecule has 0 aromatic heterocycles. The summed E-state index contributed by atoms with van der Waals surface area (Å²) in [5, 5.41) is 32.8. The lowest BCUT2D eigenvalue weighted by Gasteiger charge is -2.42. The van der Waals surface area contributed by atoms with Gasteiger partial charge in [0.1, 0.15) is 30.6 Å². The van der Waals surface area contributed by atoms with Gasteiger partial charge in [-0.15, -0.1) is 0 Å². The van der Waals surface area contributed by atoms with Crippen LogP contribution in [0.4, 0.5) is 15.3 Å². The Hall–Kier alpha value is -4.59. The standard InChI is InChI=1S/C60H94N6O16/c1-32(2)52(61)57(71)66-47(11-10-22-63-58(62)72)56(70)65-41-14-12-39(13-15-41)30-76-59(73)64-29-43(68)27-51-55(74-9)40(31-75-51)25-42(67)26-45-17-19-50-54(80-45)38(8)81-60(28-48(69)53(82-60)37(7)78-50)21-20-46-24-34(4)49(79-46)18-16-44-23-33(3)35(5)36(6)77-44/h12-15,32-33,36-38,40,43-55,68-69H,4-5,10-11,16-31,61H2,1-3,6-9H3,(H,64,73)(H,65,70)(H,66,71)(H3,62,63,72)/t33-,36-,37-,38-,40+,43+,44?,45-,46+,47?,48-,49+,50+,51-,52?,53-,54-,55-,60-/m1/s1. The minimum Gasteiger partial charge on any atom is -0.445 e. The molecule has 19 atom stereocenters. The second-order valence-corrected chi connectivity index (χ2v) is 24.2. The Balaban J connectivity index is 0.821. The van der Waals surface area contributed by atoms with Gasteiger partial charge in [0.25, 0.3) is 0 Å². The monoisotopic (exact) mass is 1150 g/mol. The normalized spacial score (nSPS) is 34.0. The van der Waals surface area contributed by atoms with Crippen molar-refractivity contribution in [2.75, 3.05) is 32.1 Å². The Morgan fingerprint density at radius 3 is 2.34 bits per heavy atom. The number of carbonyl (C=O) groups is 5. The van der Waals surface area contributed by atoms with Crippen LogP contribution in [0.1, 0.15) is 137 Å². The van der Waals surface area contributed by atoms with Gasteiger partial charge in [-0.3, -0.25) is 14.4 Å². The van der Waals surface area contributed by atoms with Gasteiger partial charge in [0.2, 0.25) is 11.8 Å². The number of anilines is 1. The number of ketones is 1. The summed E-state index contributed by atoms with van der Waals surface area (Å²) in [6.07, 6.45) is 1.12. The molecule has 0 saturated carbocycles.